The predicted octanol–water partition coefficient (Wildman–Crippen LogP) is 3.45. The van der Waals surface area contributed by atoms with Crippen molar-refractivity contribution in [2.45, 2.75) is 109 Å². The lowest BCUT2D eigenvalue weighted by Gasteiger charge is -2.59. The second kappa shape index (κ2) is 13.0. The number of fused-ring (bicyclic) bond motifs is 7. The number of nitrogens with one attached hydrogen (secondary N) is 1. The lowest BCUT2D eigenvalue weighted by Crippen LogP contribution is -2.64. The van der Waals surface area contributed by atoms with E-state index in [9.17, 15) is 34.4 Å². The quantitative estimate of drug-likeness (QED) is 0.127. The minimum Gasteiger partial charge on any atom is -0.457 e. The molecule has 0 aromatic rings. The number of halogens is 1. The molecule has 4 aliphatic carbocycles. The van der Waals surface area contributed by atoms with Crippen molar-refractivity contribution in [2.75, 3.05) is 19.8 Å². The fourth-order valence-electron chi connectivity index (χ4n) is 9.33. The first kappa shape index (κ1) is 35.1. The van der Waals surface area contributed by atoms with Gasteiger partial charge in [0.1, 0.15) is 5.83 Å². The summed E-state index contributed by atoms with van der Waals surface area (Å²) >= 11 is 0. The third-order valence-electron chi connectivity index (χ3n) is 11.2. The minimum absolute atomic E-state index is 0.00559. The van der Waals surface area contributed by atoms with E-state index in [-0.39, 0.29) is 80.5 Å². The Morgan fingerprint density at radius 3 is 2.64 bits per heavy atom. The van der Waals surface area contributed by atoms with Crippen molar-refractivity contribution in [2.24, 2.45) is 28.6 Å². The van der Waals surface area contributed by atoms with Gasteiger partial charge in [-0.2, -0.15) is 0 Å². The van der Waals surface area contributed by atoms with Crippen LogP contribution in [0.5, 0.6) is 0 Å². The summed E-state index contributed by atoms with van der Waals surface area (Å²) in [4.78, 5) is 65.4. The van der Waals surface area contributed by atoms with Crippen LogP contribution in [-0.2, 0) is 38.2 Å². The molecule has 5 rings (SSSR count). The number of ether oxygens (including phenoxy) is 3. The van der Waals surface area contributed by atoms with Gasteiger partial charge in [0.2, 0.25) is 11.7 Å². The topological polar surface area (TPSA) is 181 Å². The maximum Gasteiger partial charge on any atom is 0.308 e. The molecule has 0 radical (unpaired) electrons. The normalized spacial score (nSPS) is 36.6. The van der Waals surface area contributed by atoms with Crippen LogP contribution in [0, 0.1) is 38.7 Å². The van der Waals surface area contributed by atoms with Crippen LogP contribution in [0.3, 0.4) is 0 Å². The number of carbonyl (C=O) groups is 4. The van der Waals surface area contributed by atoms with Gasteiger partial charge in [-0.25, -0.2) is 4.39 Å². The number of rotatable bonds is 13. The number of aliphatic hydroxyl groups excluding tert-OH is 1. The first-order chi connectivity index (χ1) is 22.0. The number of amides is 1. The van der Waals surface area contributed by atoms with Crippen LogP contribution >= 0.6 is 0 Å². The average molecular weight is 665 g/mol. The van der Waals surface area contributed by atoms with Crippen LogP contribution in [0.2, 0.25) is 0 Å². The van der Waals surface area contributed by atoms with Gasteiger partial charge in [-0.15, -0.1) is 10.1 Å². The third-order valence-corrected chi connectivity index (χ3v) is 11.2. The fourth-order valence-corrected chi connectivity index (χ4v) is 9.33. The Bertz CT molecular complexity index is 1380. The van der Waals surface area contributed by atoms with Crippen molar-refractivity contribution in [3.63, 3.8) is 0 Å². The summed E-state index contributed by atoms with van der Waals surface area (Å²) in [6.45, 7) is 6.54. The van der Waals surface area contributed by atoms with Gasteiger partial charge in [0, 0.05) is 42.6 Å². The Hall–Kier alpha value is -3.23. The summed E-state index contributed by atoms with van der Waals surface area (Å²) < 4.78 is 33.9. The van der Waals surface area contributed by atoms with Gasteiger partial charge in [0.25, 0.3) is 5.09 Å². The molecule has 0 aromatic heterocycles. The molecule has 5 aliphatic rings. The van der Waals surface area contributed by atoms with Crippen molar-refractivity contribution in [1.29, 1.82) is 0 Å². The van der Waals surface area contributed by atoms with Gasteiger partial charge >= 0.3 is 5.97 Å². The Morgan fingerprint density at radius 2 is 1.91 bits per heavy atom. The number of esters is 1. The number of ketones is 2. The molecule has 2 N–H and O–H groups in total. The molecule has 1 amide bonds. The van der Waals surface area contributed by atoms with Crippen molar-refractivity contribution in [3.8, 4) is 0 Å². The molecule has 13 nitrogen and oxygen atoms in total. The van der Waals surface area contributed by atoms with E-state index in [1.54, 1.807) is 19.9 Å². The lowest BCUT2D eigenvalue weighted by atomic mass is 9.46. The van der Waals surface area contributed by atoms with Crippen LogP contribution in [0.25, 0.3) is 0 Å². The molecule has 0 aromatic carbocycles. The van der Waals surface area contributed by atoms with Gasteiger partial charge in [0.05, 0.1) is 25.2 Å². The standard InChI is InChI=1S/C33H45FN2O11/c1-30(2)46-26-16-21-20-15-23(34)22-14-19(37)9-11-31(22,3)29(20)24(38)17-32(21,4)33(26,47-30)25(39)18-44-28(41)10-12-35-27(40)8-6-5-7-13-45-36(42)43/h9,11,20-21,24,26,29,38H,5-8,10,12-18H2,1-4H3,(H,35,40)/t20-,21-,24-,26+,29+,31-,32-,33+/m0/s1. The van der Waals surface area contributed by atoms with Gasteiger partial charge in [-0.05, 0) is 63.0 Å². The van der Waals surface area contributed by atoms with E-state index in [1.165, 1.54) is 6.08 Å². The van der Waals surface area contributed by atoms with Crippen LogP contribution in [0.1, 0.15) is 85.5 Å². The van der Waals surface area contributed by atoms with Crippen LogP contribution in [0.4, 0.5) is 4.39 Å². The first-order valence-electron chi connectivity index (χ1n) is 16.4. The molecular weight excluding hydrogens is 619 g/mol. The zero-order chi connectivity index (χ0) is 34.4. The Morgan fingerprint density at radius 1 is 1.17 bits per heavy atom. The Balaban J connectivity index is 1.22. The molecule has 1 saturated heterocycles. The van der Waals surface area contributed by atoms with Gasteiger partial charge in [-0.1, -0.05) is 26.3 Å². The minimum atomic E-state index is -1.55. The second-order valence-electron chi connectivity index (χ2n) is 14.5. The molecular formula is C33H45FN2O11. The molecule has 1 aliphatic heterocycles. The molecule has 14 heteroatoms. The van der Waals surface area contributed by atoms with Gasteiger partial charge in [0.15, 0.2) is 23.8 Å². The predicted molar refractivity (Wildman–Crippen MR) is 161 cm³/mol. The monoisotopic (exact) mass is 664 g/mol. The number of unbranched alkanes of at least 4 members (excludes halogenated alkanes) is 2. The maximum atomic E-state index is 15.8. The van der Waals surface area contributed by atoms with E-state index in [4.69, 9.17) is 14.2 Å². The number of hydrogen-bond donors (Lipinski definition) is 2. The van der Waals surface area contributed by atoms with Crippen molar-refractivity contribution < 1.29 is 52.8 Å². The number of Topliss-reactive ketones (excluding diaryl/α,β-unsaturated/α-hetero) is 1. The molecule has 8 atom stereocenters. The van der Waals surface area contributed by atoms with E-state index < -0.39 is 57.9 Å². The molecule has 1 heterocycles. The highest BCUT2D eigenvalue weighted by molar-refractivity contribution is 5.94. The van der Waals surface area contributed by atoms with Crippen LogP contribution in [0.15, 0.2) is 23.6 Å². The number of aliphatic hydroxyl groups is 1. The molecule has 47 heavy (non-hydrogen) atoms. The molecule has 260 valence electrons. The number of hydrogen-bond acceptors (Lipinski definition) is 11. The zero-order valence-corrected chi connectivity index (χ0v) is 27.4. The van der Waals surface area contributed by atoms with E-state index in [0.717, 1.165) is 0 Å². The van der Waals surface area contributed by atoms with Crippen LogP contribution in [-0.4, -0.2) is 77.0 Å². The Labute approximate surface area is 272 Å². The summed E-state index contributed by atoms with van der Waals surface area (Å²) in [5, 5.41) is 23.7. The highest BCUT2D eigenvalue weighted by atomic mass is 19.1. The molecule has 0 unspecified atom stereocenters. The Kier molecular flexibility index (Phi) is 9.70. The highest BCUT2D eigenvalue weighted by Crippen LogP contribution is 2.70. The van der Waals surface area contributed by atoms with Crippen molar-refractivity contribution in [1.82, 2.24) is 5.32 Å². The second-order valence-corrected chi connectivity index (χ2v) is 14.5. The molecule has 3 fully saturated rings. The highest BCUT2D eigenvalue weighted by Gasteiger charge is 2.77. The number of allylic oxidation sites excluding steroid dienone is 4. The van der Waals surface area contributed by atoms with E-state index >= 15 is 4.39 Å². The third kappa shape index (κ3) is 6.35. The van der Waals surface area contributed by atoms with Gasteiger partial charge < -0.3 is 29.5 Å². The first-order valence-corrected chi connectivity index (χ1v) is 16.4. The maximum absolute atomic E-state index is 15.8. The molecule has 2 saturated carbocycles. The summed E-state index contributed by atoms with van der Waals surface area (Å²) in [6.07, 6.45) is 3.70. The molecule has 0 bridgehead atoms. The largest absolute Gasteiger partial charge is 0.457 e. The summed E-state index contributed by atoms with van der Waals surface area (Å²) in [5.41, 5.74) is -2.93. The van der Waals surface area contributed by atoms with E-state index in [0.29, 0.717) is 31.3 Å². The summed E-state index contributed by atoms with van der Waals surface area (Å²) in [7, 11) is 0. The van der Waals surface area contributed by atoms with Crippen molar-refractivity contribution in [3.05, 3.63) is 33.7 Å². The summed E-state index contributed by atoms with van der Waals surface area (Å²) in [6, 6.07) is 0. The molecule has 0 spiro atoms. The number of carbonyl (C=O) groups excluding carboxylic acids is 4. The SMILES string of the molecule is CC1(C)O[C@@H]2C[C@H]3[C@@H]4CC(F)=C5CC(=O)C=C[C@]5(C)[C@H]4[C@@H](O)C[C@]3(C)[C@]2(C(=O)COC(=O)CCNC(=O)CCCCCO[N+](=O)[O-])O1. The van der Waals surface area contributed by atoms with E-state index in [1.807, 2.05) is 13.8 Å². The van der Waals surface area contributed by atoms with Crippen molar-refractivity contribution >= 4 is 23.4 Å². The van der Waals surface area contributed by atoms with Crippen LogP contribution < -0.4 is 5.32 Å². The average Bonchev–Trinajstić information content (AvgIpc) is 3.39. The van der Waals surface area contributed by atoms with Gasteiger partial charge in [-0.3, -0.25) is 19.2 Å². The lowest BCUT2D eigenvalue weighted by molar-refractivity contribution is -0.757. The van der Waals surface area contributed by atoms with E-state index in [2.05, 4.69) is 10.2 Å². The number of nitrogens with zero attached hydrogens (tertiary/aromatic N) is 1. The fraction of sp³-hybridized carbons (Fsp3) is 0.758. The summed E-state index contributed by atoms with van der Waals surface area (Å²) in [5.74, 6) is -4.09. The zero-order valence-electron chi connectivity index (χ0n) is 27.4. The smallest absolute Gasteiger partial charge is 0.308 e.